The Balaban J connectivity index is 2.47. The van der Waals surface area contributed by atoms with Crippen molar-refractivity contribution < 1.29 is 9.84 Å². The van der Waals surface area contributed by atoms with Crippen LogP contribution in [0.25, 0.3) is 11.4 Å². The van der Waals surface area contributed by atoms with E-state index in [0.29, 0.717) is 27.3 Å². The van der Waals surface area contributed by atoms with Crippen molar-refractivity contribution in [2.75, 3.05) is 6.61 Å². The topological polar surface area (TPSA) is 75.2 Å². The van der Waals surface area contributed by atoms with Crippen LogP contribution in [0.4, 0.5) is 0 Å². The van der Waals surface area contributed by atoms with E-state index in [1.54, 1.807) is 12.1 Å². The van der Waals surface area contributed by atoms with Crippen molar-refractivity contribution in [3.8, 4) is 22.9 Å². The molecule has 94 valence electrons. The molecular formula is C12H11IN2O3. The standard InChI is InChI=1S/C12H11IN2O3/c1-2-18-10-5-7(3-4-9(10)16)11-14-6-8(13)12(17)15-11/h3-6,16H,2H2,1H3,(H,14,15,17). The lowest BCUT2D eigenvalue weighted by atomic mass is 10.2. The lowest BCUT2D eigenvalue weighted by molar-refractivity contribution is 0.318. The summed E-state index contributed by atoms with van der Waals surface area (Å²) in [6.45, 7) is 2.28. The smallest absolute Gasteiger partial charge is 0.264 e. The van der Waals surface area contributed by atoms with Crippen molar-refractivity contribution in [3.63, 3.8) is 0 Å². The highest BCUT2D eigenvalue weighted by Gasteiger charge is 2.07. The van der Waals surface area contributed by atoms with Gasteiger partial charge in [0, 0.05) is 11.8 Å². The first kappa shape index (κ1) is 12.9. The van der Waals surface area contributed by atoms with E-state index in [0.717, 1.165) is 0 Å². The van der Waals surface area contributed by atoms with Crippen molar-refractivity contribution in [3.05, 3.63) is 38.3 Å². The molecule has 0 radical (unpaired) electrons. The van der Waals surface area contributed by atoms with Crippen LogP contribution in [0.1, 0.15) is 6.92 Å². The number of hydrogen-bond donors (Lipinski definition) is 2. The Morgan fingerprint density at radius 2 is 2.28 bits per heavy atom. The summed E-state index contributed by atoms with van der Waals surface area (Å²) in [5.74, 6) is 0.881. The molecule has 0 fully saturated rings. The van der Waals surface area contributed by atoms with Crippen molar-refractivity contribution in [1.82, 2.24) is 9.97 Å². The largest absolute Gasteiger partial charge is 0.504 e. The van der Waals surface area contributed by atoms with Gasteiger partial charge in [-0.3, -0.25) is 4.79 Å². The molecule has 1 heterocycles. The number of benzene rings is 1. The van der Waals surface area contributed by atoms with E-state index in [1.807, 2.05) is 29.5 Å². The highest BCUT2D eigenvalue weighted by Crippen LogP contribution is 2.30. The molecule has 0 saturated heterocycles. The van der Waals surface area contributed by atoms with Gasteiger partial charge in [-0.1, -0.05) is 0 Å². The van der Waals surface area contributed by atoms with Gasteiger partial charge in [0.05, 0.1) is 10.2 Å². The van der Waals surface area contributed by atoms with Crippen molar-refractivity contribution in [2.24, 2.45) is 0 Å². The number of H-pyrrole nitrogens is 1. The number of rotatable bonds is 3. The number of nitrogens with one attached hydrogen (secondary N) is 1. The second-order valence-electron chi connectivity index (χ2n) is 3.52. The first-order valence-corrected chi connectivity index (χ1v) is 6.40. The molecule has 1 aromatic heterocycles. The fraction of sp³-hybridized carbons (Fsp3) is 0.167. The predicted molar refractivity (Wildman–Crippen MR) is 75.8 cm³/mol. The maximum absolute atomic E-state index is 11.5. The lowest BCUT2D eigenvalue weighted by Gasteiger charge is -2.07. The Labute approximate surface area is 117 Å². The molecule has 2 rings (SSSR count). The highest BCUT2D eigenvalue weighted by atomic mass is 127. The van der Waals surface area contributed by atoms with Gasteiger partial charge in [0.25, 0.3) is 5.56 Å². The lowest BCUT2D eigenvalue weighted by Crippen LogP contribution is -2.11. The number of ether oxygens (including phenoxy) is 1. The van der Waals surface area contributed by atoms with E-state index < -0.39 is 0 Å². The molecule has 0 unspecified atom stereocenters. The second-order valence-corrected chi connectivity index (χ2v) is 4.69. The number of phenols is 1. The van der Waals surface area contributed by atoms with Crippen LogP contribution >= 0.6 is 22.6 Å². The van der Waals surface area contributed by atoms with Gasteiger partial charge < -0.3 is 14.8 Å². The summed E-state index contributed by atoms with van der Waals surface area (Å²) >= 11 is 1.91. The Bertz CT molecular complexity index is 625. The van der Waals surface area contributed by atoms with Crippen LogP contribution in [0.2, 0.25) is 0 Å². The zero-order chi connectivity index (χ0) is 13.1. The van der Waals surface area contributed by atoms with Gasteiger partial charge in [-0.25, -0.2) is 4.98 Å². The minimum atomic E-state index is -0.188. The SMILES string of the molecule is CCOc1cc(-c2ncc(I)c(=O)[nH]2)ccc1O. The molecule has 18 heavy (non-hydrogen) atoms. The Kier molecular flexibility index (Phi) is 3.85. The summed E-state index contributed by atoms with van der Waals surface area (Å²) in [7, 11) is 0. The molecule has 0 amide bonds. The van der Waals surface area contributed by atoms with Crippen LogP contribution < -0.4 is 10.3 Å². The monoisotopic (exact) mass is 358 g/mol. The van der Waals surface area contributed by atoms with Gasteiger partial charge in [-0.05, 0) is 47.7 Å². The second kappa shape index (κ2) is 5.38. The maximum atomic E-state index is 11.5. The van der Waals surface area contributed by atoms with Crippen LogP contribution in [0, 0.1) is 3.57 Å². The van der Waals surface area contributed by atoms with Gasteiger partial charge in [-0.2, -0.15) is 0 Å². The first-order valence-electron chi connectivity index (χ1n) is 5.33. The van der Waals surface area contributed by atoms with Crippen LogP contribution in [0.5, 0.6) is 11.5 Å². The molecule has 0 atom stereocenters. The predicted octanol–water partition coefficient (Wildman–Crippen LogP) is 2.15. The van der Waals surface area contributed by atoms with Crippen LogP contribution in [0.3, 0.4) is 0 Å². The van der Waals surface area contributed by atoms with Crippen LogP contribution in [0.15, 0.2) is 29.2 Å². The zero-order valence-corrected chi connectivity index (χ0v) is 11.8. The van der Waals surface area contributed by atoms with E-state index in [9.17, 15) is 9.90 Å². The molecule has 6 heteroatoms. The summed E-state index contributed by atoms with van der Waals surface area (Å²) in [6.07, 6.45) is 1.50. The quantitative estimate of drug-likeness (QED) is 0.825. The van der Waals surface area contributed by atoms with E-state index in [-0.39, 0.29) is 11.3 Å². The third-order valence-corrected chi connectivity index (χ3v) is 3.06. The normalized spacial score (nSPS) is 10.3. The zero-order valence-electron chi connectivity index (χ0n) is 9.61. The number of phenolic OH excluding ortho intramolecular Hbond substituents is 1. The molecule has 0 aliphatic heterocycles. The molecule has 0 aliphatic carbocycles. The summed E-state index contributed by atoms with van der Waals surface area (Å²) in [6, 6.07) is 4.82. The van der Waals surface area contributed by atoms with Gasteiger partial charge in [0.15, 0.2) is 11.5 Å². The molecule has 0 aliphatic rings. The number of hydrogen-bond acceptors (Lipinski definition) is 4. The van der Waals surface area contributed by atoms with E-state index in [2.05, 4.69) is 9.97 Å². The average molecular weight is 358 g/mol. The number of nitrogens with zero attached hydrogens (tertiary/aromatic N) is 1. The number of halogens is 1. The van der Waals surface area contributed by atoms with Gasteiger partial charge in [0.1, 0.15) is 5.82 Å². The molecule has 2 N–H and O–H groups in total. The minimum absolute atomic E-state index is 0.0634. The Morgan fingerprint density at radius 3 is 2.94 bits per heavy atom. The van der Waals surface area contributed by atoms with Crippen molar-refractivity contribution >= 4 is 22.6 Å². The van der Waals surface area contributed by atoms with Gasteiger partial charge in [-0.15, -0.1) is 0 Å². The number of aromatic amines is 1. The Hall–Kier alpha value is -1.57. The highest BCUT2D eigenvalue weighted by molar-refractivity contribution is 14.1. The molecule has 1 aromatic carbocycles. The molecule has 5 nitrogen and oxygen atoms in total. The summed E-state index contributed by atoms with van der Waals surface area (Å²) in [5.41, 5.74) is 0.497. The molecule has 2 aromatic rings. The molecule has 0 saturated carbocycles. The molecular weight excluding hydrogens is 347 g/mol. The number of aromatic hydroxyl groups is 1. The fourth-order valence-electron chi connectivity index (χ4n) is 1.46. The van der Waals surface area contributed by atoms with Crippen molar-refractivity contribution in [1.29, 1.82) is 0 Å². The number of aromatic nitrogens is 2. The third kappa shape index (κ3) is 2.63. The fourth-order valence-corrected chi connectivity index (χ4v) is 1.73. The first-order chi connectivity index (χ1) is 8.61. The van der Waals surface area contributed by atoms with E-state index >= 15 is 0 Å². The molecule has 0 bridgehead atoms. The summed E-state index contributed by atoms with van der Waals surface area (Å²) in [4.78, 5) is 18.3. The van der Waals surface area contributed by atoms with Crippen LogP contribution in [-0.4, -0.2) is 21.7 Å². The van der Waals surface area contributed by atoms with E-state index in [1.165, 1.54) is 12.3 Å². The van der Waals surface area contributed by atoms with Gasteiger partial charge >= 0.3 is 0 Å². The average Bonchev–Trinajstić information content (AvgIpc) is 2.36. The van der Waals surface area contributed by atoms with E-state index in [4.69, 9.17) is 4.74 Å². The van der Waals surface area contributed by atoms with Gasteiger partial charge in [0.2, 0.25) is 0 Å². The minimum Gasteiger partial charge on any atom is -0.504 e. The molecule has 0 spiro atoms. The maximum Gasteiger partial charge on any atom is 0.264 e. The Morgan fingerprint density at radius 1 is 1.50 bits per heavy atom. The summed E-state index contributed by atoms with van der Waals surface area (Å²) in [5, 5.41) is 9.59. The summed E-state index contributed by atoms with van der Waals surface area (Å²) < 4.78 is 5.81. The third-order valence-electron chi connectivity index (χ3n) is 2.29. The van der Waals surface area contributed by atoms with Crippen LogP contribution in [-0.2, 0) is 0 Å². The van der Waals surface area contributed by atoms with Crippen molar-refractivity contribution in [2.45, 2.75) is 6.92 Å².